The lowest BCUT2D eigenvalue weighted by Gasteiger charge is -2.00. The van der Waals surface area contributed by atoms with E-state index in [2.05, 4.69) is 32.1 Å². The van der Waals surface area contributed by atoms with Crippen molar-refractivity contribution in [2.45, 2.75) is 5.92 Å². The molecule has 2 heterocycles. The molecule has 2 rings (SSSR count). The van der Waals surface area contributed by atoms with Gasteiger partial charge in [-0.3, -0.25) is 4.68 Å². The molecule has 0 aliphatic carbocycles. The smallest absolute Gasteiger partial charge is 0.159 e. The van der Waals surface area contributed by atoms with E-state index >= 15 is 0 Å². The highest BCUT2D eigenvalue weighted by molar-refractivity contribution is 9.11. The van der Waals surface area contributed by atoms with E-state index in [1.807, 2.05) is 18.6 Å². The van der Waals surface area contributed by atoms with E-state index in [1.165, 1.54) is 11.3 Å². The third-order valence-electron chi connectivity index (χ3n) is 1.98. The van der Waals surface area contributed by atoms with Crippen LogP contribution in [-0.2, 0) is 7.05 Å². The highest BCUT2D eigenvalue weighted by atomic mass is 79.9. The van der Waals surface area contributed by atoms with Crippen LogP contribution in [0.15, 0.2) is 21.7 Å². The number of hydrogen-bond acceptors (Lipinski definition) is 4. The summed E-state index contributed by atoms with van der Waals surface area (Å²) in [4.78, 5) is 4.24. The van der Waals surface area contributed by atoms with Crippen LogP contribution in [0.25, 0.3) is 0 Å². The van der Waals surface area contributed by atoms with Crippen LogP contribution >= 0.6 is 27.3 Å². The molecule has 76 valence electrons. The molecule has 0 spiro atoms. The normalized spacial score (nSPS) is 12.3. The lowest BCUT2D eigenvalue weighted by atomic mass is 10.0. The highest BCUT2D eigenvalue weighted by Crippen LogP contribution is 2.26. The Bertz CT molecular complexity index is 470. The van der Waals surface area contributed by atoms with Gasteiger partial charge >= 0.3 is 0 Å². The van der Waals surface area contributed by atoms with Crippen LogP contribution in [0.1, 0.15) is 17.2 Å². The van der Waals surface area contributed by atoms with Gasteiger partial charge < -0.3 is 0 Å². The van der Waals surface area contributed by atoms with Crippen LogP contribution in [-0.4, -0.2) is 14.8 Å². The molecule has 0 aliphatic rings. The zero-order chi connectivity index (χ0) is 10.8. The van der Waals surface area contributed by atoms with Gasteiger partial charge in [0, 0.05) is 24.2 Å². The molecule has 2 aromatic rings. The van der Waals surface area contributed by atoms with Crippen molar-refractivity contribution in [3.63, 3.8) is 0 Å². The molecule has 1 atom stereocenters. The van der Waals surface area contributed by atoms with Crippen LogP contribution in [0.3, 0.4) is 0 Å². The van der Waals surface area contributed by atoms with Crippen molar-refractivity contribution in [1.29, 1.82) is 5.26 Å². The molecule has 6 heteroatoms. The fourth-order valence-electron chi connectivity index (χ4n) is 1.30. The van der Waals surface area contributed by atoms with Crippen molar-refractivity contribution < 1.29 is 0 Å². The Hall–Kier alpha value is -1.19. The minimum absolute atomic E-state index is 0.332. The van der Waals surface area contributed by atoms with Gasteiger partial charge in [0.1, 0.15) is 5.92 Å². The molecule has 0 aliphatic heterocycles. The predicted octanol–water partition coefficient (Wildman–Crippen LogP) is 2.29. The third-order valence-corrected chi connectivity index (χ3v) is 3.36. The molecule has 0 radical (unpaired) electrons. The second-order valence-corrected chi connectivity index (χ2v) is 5.17. The summed E-state index contributed by atoms with van der Waals surface area (Å²) in [6.07, 6.45) is 3.53. The van der Waals surface area contributed by atoms with Crippen LogP contribution in [0.4, 0.5) is 0 Å². The van der Waals surface area contributed by atoms with E-state index in [4.69, 9.17) is 5.26 Å². The Morgan fingerprint density at radius 1 is 1.67 bits per heavy atom. The van der Waals surface area contributed by atoms with E-state index in [9.17, 15) is 0 Å². The maximum atomic E-state index is 9.11. The summed E-state index contributed by atoms with van der Waals surface area (Å²) < 4.78 is 2.47. The molecule has 4 nitrogen and oxygen atoms in total. The number of hydrogen-bond donors (Lipinski definition) is 0. The molecule has 0 fully saturated rings. The summed E-state index contributed by atoms with van der Waals surface area (Å²) >= 11 is 4.76. The molecule has 0 saturated heterocycles. The minimum Gasteiger partial charge on any atom is -0.275 e. The van der Waals surface area contributed by atoms with Gasteiger partial charge in [0.05, 0.1) is 18.0 Å². The Kier molecular flexibility index (Phi) is 2.84. The number of nitrogens with zero attached hydrogens (tertiary/aromatic N) is 4. The Labute approximate surface area is 99.3 Å². The summed E-state index contributed by atoms with van der Waals surface area (Å²) in [5, 5.41) is 15.0. The predicted molar refractivity (Wildman–Crippen MR) is 60.5 cm³/mol. The zero-order valence-corrected chi connectivity index (χ0v) is 10.3. The SMILES string of the molecule is Cn1cc(C(C#N)c2csc(Br)n2)cn1. The maximum Gasteiger partial charge on any atom is 0.159 e. The van der Waals surface area contributed by atoms with E-state index in [0.717, 1.165) is 15.2 Å². The summed E-state index contributed by atoms with van der Waals surface area (Å²) in [6, 6.07) is 2.23. The molecule has 0 amide bonds. The topological polar surface area (TPSA) is 54.5 Å². The molecule has 0 N–H and O–H groups in total. The fraction of sp³-hybridized carbons (Fsp3) is 0.222. The largest absolute Gasteiger partial charge is 0.275 e. The molecular weight excluding hydrogens is 276 g/mol. The summed E-state index contributed by atoms with van der Waals surface area (Å²) in [5.41, 5.74) is 1.64. The number of nitriles is 1. The number of thiazole rings is 1. The maximum absolute atomic E-state index is 9.11. The summed E-state index contributed by atoms with van der Waals surface area (Å²) in [7, 11) is 1.83. The summed E-state index contributed by atoms with van der Waals surface area (Å²) in [6.45, 7) is 0. The number of rotatable bonds is 2. The molecular formula is C9H7BrN4S. The number of halogens is 1. The van der Waals surface area contributed by atoms with Crippen molar-refractivity contribution >= 4 is 27.3 Å². The van der Waals surface area contributed by atoms with Crippen LogP contribution in [0, 0.1) is 11.3 Å². The van der Waals surface area contributed by atoms with Gasteiger partial charge in [0.2, 0.25) is 0 Å². The Balaban J connectivity index is 2.37. The highest BCUT2D eigenvalue weighted by Gasteiger charge is 2.17. The average molecular weight is 283 g/mol. The second kappa shape index (κ2) is 4.13. The van der Waals surface area contributed by atoms with Gasteiger partial charge in [-0.25, -0.2) is 4.98 Å². The zero-order valence-electron chi connectivity index (χ0n) is 7.88. The molecule has 15 heavy (non-hydrogen) atoms. The van der Waals surface area contributed by atoms with Crippen LogP contribution < -0.4 is 0 Å². The first-order valence-electron chi connectivity index (χ1n) is 4.20. The lowest BCUT2D eigenvalue weighted by Crippen LogP contribution is -1.97. The van der Waals surface area contributed by atoms with Gasteiger partial charge in [-0.15, -0.1) is 11.3 Å². The van der Waals surface area contributed by atoms with E-state index < -0.39 is 0 Å². The minimum atomic E-state index is -0.332. The molecule has 1 unspecified atom stereocenters. The quantitative estimate of drug-likeness (QED) is 0.849. The van der Waals surface area contributed by atoms with Crippen molar-refractivity contribution in [3.8, 4) is 6.07 Å². The van der Waals surface area contributed by atoms with E-state index in [-0.39, 0.29) is 5.92 Å². The number of aromatic nitrogens is 3. The Morgan fingerprint density at radius 3 is 2.93 bits per heavy atom. The van der Waals surface area contributed by atoms with Gasteiger partial charge in [0.25, 0.3) is 0 Å². The van der Waals surface area contributed by atoms with Crippen molar-refractivity contribution in [1.82, 2.24) is 14.8 Å². The monoisotopic (exact) mass is 282 g/mol. The lowest BCUT2D eigenvalue weighted by molar-refractivity contribution is 0.766. The van der Waals surface area contributed by atoms with Crippen molar-refractivity contribution in [2.75, 3.05) is 0 Å². The second-order valence-electron chi connectivity index (χ2n) is 3.03. The molecule has 0 aromatic carbocycles. The van der Waals surface area contributed by atoms with Crippen molar-refractivity contribution in [3.05, 3.63) is 32.9 Å². The van der Waals surface area contributed by atoms with Crippen molar-refractivity contribution in [2.24, 2.45) is 7.05 Å². The van der Waals surface area contributed by atoms with Crippen LogP contribution in [0.2, 0.25) is 0 Å². The average Bonchev–Trinajstić information content (AvgIpc) is 2.78. The van der Waals surface area contributed by atoms with E-state index in [0.29, 0.717) is 0 Å². The van der Waals surface area contributed by atoms with Gasteiger partial charge in [-0.1, -0.05) is 0 Å². The first-order chi connectivity index (χ1) is 7.20. The van der Waals surface area contributed by atoms with E-state index in [1.54, 1.807) is 10.9 Å². The first-order valence-corrected chi connectivity index (χ1v) is 5.87. The summed E-state index contributed by atoms with van der Waals surface area (Å²) in [5.74, 6) is -0.332. The standard InChI is InChI=1S/C9H7BrN4S/c1-14-4-6(3-12-14)7(2-11)8-5-15-9(10)13-8/h3-5,7H,1H3. The Morgan fingerprint density at radius 2 is 2.47 bits per heavy atom. The first kappa shape index (κ1) is 10.3. The van der Waals surface area contributed by atoms with Gasteiger partial charge in [-0.2, -0.15) is 10.4 Å². The number of aryl methyl sites for hydroxylation is 1. The molecule has 0 saturated carbocycles. The molecule has 0 bridgehead atoms. The fourth-order valence-corrected chi connectivity index (χ4v) is 2.35. The third kappa shape index (κ3) is 2.08. The van der Waals surface area contributed by atoms with Crippen LogP contribution in [0.5, 0.6) is 0 Å². The molecule has 2 aromatic heterocycles. The van der Waals surface area contributed by atoms with Gasteiger partial charge in [-0.05, 0) is 15.9 Å². The van der Waals surface area contributed by atoms with Gasteiger partial charge in [0.15, 0.2) is 3.92 Å².